The lowest BCUT2D eigenvalue weighted by Crippen LogP contribution is -2.47. The molecule has 0 unspecified atom stereocenters. The Labute approximate surface area is 214 Å². The van der Waals surface area contributed by atoms with Gasteiger partial charge in [-0.3, -0.25) is 19.3 Å². The topological polar surface area (TPSA) is 88.2 Å². The number of carbonyl (C=O) groups excluding carboxylic acids is 3. The molecule has 0 saturated carbocycles. The molecule has 1 N–H and O–H groups in total. The predicted molar refractivity (Wildman–Crippen MR) is 135 cm³/mol. The second kappa shape index (κ2) is 11.6. The van der Waals surface area contributed by atoms with Crippen LogP contribution < -0.4 is 19.7 Å². The fraction of sp³-hybridized carbons (Fsp3) is 0.400. The van der Waals surface area contributed by atoms with Gasteiger partial charge in [0.15, 0.2) is 6.61 Å². The van der Waals surface area contributed by atoms with Crippen LogP contribution in [0.4, 0.5) is 11.4 Å². The van der Waals surface area contributed by atoms with Crippen LogP contribution in [0.3, 0.4) is 0 Å². The van der Waals surface area contributed by atoms with Gasteiger partial charge >= 0.3 is 0 Å². The Morgan fingerprint density at radius 3 is 2.63 bits per heavy atom. The lowest BCUT2D eigenvalue weighted by atomic mass is 10.1. The van der Waals surface area contributed by atoms with Gasteiger partial charge in [-0.05, 0) is 62.1 Å². The fourth-order valence-electron chi connectivity index (χ4n) is 4.06. The number of carbonyl (C=O) groups is 3. The molecule has 0 radical (unpaired) electrons. The van der Waals surface area contributed by atoms with Crippen LogP contribution in [0, 0.1) is 0 Å². The molecule has 1 fully saturated rings. The summed E-state index contributed by atoms with van der Waals surface area (Å²) in [4.78, 5) is 41.0. The molecule has 2 aliphatic heterocycles. The Hall–Kier alpha value is -2.97. The van der Waals surface area contributed by atoms with E-state index in [0.717, 1.165) is 19.3 Å². The zero-order valence-corrected chi connectivity index (χ0v) is 20.7. The number of amides is 3. The Kier molecular flexibility index (Phi) is 8.36. The van der Waals surface area contributed by atoms with E-state index in [1.54, 1.807) is 41.3 Å². The van der Waals surface area contributed by atoms with E-state index in [1.807, 2.05) is 0 Å². The first-order valence-corrected chi connectivity index (χ1v) is 12.4. The number of piperidine rings is 1. The van der Waals surface area contributed by atoms with Gasteiger partial charge in [0, 0.05) is 30.2 Å². The minimum atomic E-state index is -0.288. The van der Waals surface area contributed by atoms with Gasteiger partial charge in [-0.1, -0.05) is 23.2 Å². The van der Waals surface area contributed by atoms with Crippen LogP contribution in [0.1, 0.15) is 32.1 Å². The van der Waals surface area contributed by atoms with E-state index in [9.17, 15) is 14.4 Å². The molecule has 3 amide bonds. The van der Waals surface area contributed by atoms with E-state index in [0.29, 0.717) is 59.0 Å². The summed E-state index contributed by atoms with van der Waals surface area (Å²) < 4.78 is 11.1. The molecule has 2 heterocycles. The van der Waals surface area contributed by atoms with Crippen molar-refractivity contribution in [3.63, 3.8) is 0 Å². The van der Waals surface area contributed by atoms with E-state index >= 15 is 0 Å². The maximum atomic E-state index is 12.8. The minimum absolute atomic E-state index is 0.0445. The second-order valence-electron chi connectivity index (χ2n) is 8.47. The summed E-state index contributed by atoms with van der Waals surface area (Å²) in [6, 6.07) is 10.0. The summed E-state index contributed by atoms with van der Waals surface area (Å²) in [5, 5.41) is 3.77. The van der Waals surface area contributed by atoms with Crippen molar-refractivity contribution < 1.29 is 23.9 Å². The molecule has 2 aliphatic rings. The number of halogens is 2. The third kappa shape index (κ3) is 6.58. The zero-order valence-electron chi connectivity index (χ0n) is 19.2. The highest BCUT2D eigenvalue weighted by atomic mass is 35.5. The van der Waals surface area contributed by atoms with Crippen molar-refractivity contribution in [2.45, 2.75) is 32.1 Å². The molecule has 0 spiro atoms. The van der Waals surface area contributed by atoms with Crippen molar-refractivity contribution in [1.29, 1.82) is 0 Å². The average molecular weight is 520 g/mol. The van der Waals surface area contributed by atoms with Gasteiger partial charge in [0.05, 0.1) is 17.3 Å². The Morgan fingerprint density at radius 2 is 1.86 bits per heavy atom. The minimum Gasteiger partial charge on any atom is -0.492 e. The summed E-state index contributed by atoms with van der Waals surface area (Å²) in [6.45, 7) is 1.58. The van der Waals surface area contributed by atoms with Gasteiger partial charge in [0.1, 0.15) is 18.0 Å². The van der Waals surface area contributed by atoms with Crippen LogP contribution >= 0.6 is 23.2 Å². The summed E-state index contributed by atoms with van der Waals surface area (Å²) in [7, 11) is 0. The molecule has 8 nitrogen and oxygen atoms in total. The first-order chi connectivity index (χ1) is 16.9. The predicted octanol–water partition coefficient (Wildman–Crippen LogP) is 4.53. The number of hydrogen-bond donors (Lipinski definition) is 1. The first-order valence-electron chi connectivity index (χ1n) is 11.6. The average Bonchev–Trinajstić information content (AvgIpc) is 2.85. The van der Waals surface area contributed by atoms with Crippen LogP contribution in [0.15, 0.2) is 36.4 Å². The van der Waals surface area contributed by atoms with Crippen LogP contribution in [0.25, 0.3) is 0 Å². The molecule has 2 aromatic rings. The molecular formula is C25H27Cl2N3O5. The van der Waals surface area contributed by atoms with Gasteiger partial charge < -0.3 is 19.7 Å². The second-order valence-corrected chi connectivity index (χ2v) is 9.31. The standard InChI is InChI=1S/C25H27Cl2N3O5/c26-17-6-8-21(19(27)13-17)34-12-4-5-23(31)28-18-7-9-22-20(14-18)30(25(33)16-35-22)15-24(32)29-10-2-1-3-11-29/h6-9,13-14H,1-5,10-12,15-16H2,(H,28,31). The number of nitrogens with zero attached hydrogens (tertiary/aromatic N) is 2. The van der Waals surface area contributed by atoms with E-state index in [2.05, 4.69) is 5.32 Å². The summed E-state index contributed by atoms with van der Waals surface area (Å²) in [5.41, 5.74) is 0.995. The molecular weight excluding hydrogens is 493 g/mol. The van der Waals surface area contributed by atoms with E-state index < -0.39 is 0 Å². The van der Waals surface area contributed by atoms with Gasteiger partial charge in [0.25, 0.3) is 5.91 Å². The van der Waals surface area contributed by atoms with Gasteiger partial charge in [-0.25, -0.2) is 0 Å². The van der Waals surface area contributed by atoms with E-state index in [-0.39, 0.29) is 37.3 Å². The molecule has 186 valence electrons. The van der Waals surface area contributed by atoms with E-state index in [1.165, 1.54) is 4.90 Å². The van der Waals surface area contributed by atoms with Gasteiger partial charge in [-0.2, -0.15) is 0 Å². The number of hydrogen-bond acceptors (Lipinski definition) is 5. The quantitative estimate of drug-likeness (QED) is 0.517. The molecule has 0 aromatic heterocycles. The number of anilines is 2. The molecule has 0 atom stereocenters. The molecule has 2 aromatic carbocycles. The summed E-state index contributed by atoms with van der Waals surface area (Å²) in [5.74, 6) is 0.442. The normalized spacial score (nSPS) is 15.3. The zero-order chi connectivity index (χ0) is 24.8. The fourth-order valence-corrected chi connectivity index (χ4v) is 4.53. The number of likely N-dealkylation sites (tertiary alicyclic amines) is 1. The highest BCUT2D eigenvalue weighted by Gasteiger charge is 2.29. The monoisotopic (exact) mass is 519 g/mol. The maximum Gasteiger partial charge on any atom is 0.265 e. The Balaban J connectivity index is 1.33. The highest BCUT2D eigenvalue weighted by molar-refractivity contribution is 6.35. The molecule has 1 saturated heterocycles. The van der Waals surface area contributed by atoms with Crippen LogP contribution in [-0.2, 0) is 14.4 Å². The number of fused-ring (bicyclic) bond motifs is 1. The van der Waals surface area contributed by atoms with Crippen molar-refractivity contribution in [3.8, 4) is 11.5 Å². The van der Waals surface area contributed by atoms with Crippen LogP contribution in [0.2, 0.25) is 10.0 Å². The van der Waals surface area contributed by atoms with E-state index in [4.69, 9.17) is 32.7 Å². The lowest BCUT2D eigenvalue weighted by Gasteiger charge is -2.33. The Morgan fingerprint density at radius 1 is 1.06 bits per heavy atom. The van der Waals surface area contributed by atoms with Crippen molar-refractivity contribution in [2.75, 3.05) is 43.1 Å². The number of nitrogens with one attached hydrogen (secondary N) is 1. The number of benzene rings is 2. The third-order valence-electron chi connectivity index (χ3n) is 5.89. The smallest absolute Gasteiger partial charge is 0.265 e. The highest BCUT2D eigenvalue weighted by Crippen LogP contribution is 2.35. The number of ether oxygens (including phenoxy) is 2. The van der Waals surface area contributed by atoms with Crippen molar-refractivity contribution in [1.82, 2.24) is 4.90 Å². The van der Waals surface area contributed by atoms with Gasteiger partial charge in [0.2, 0.25) is 11.8 Å². The maximum absolute atomic E-state index is 12.8. The van der Waals surface area contributed by atoms with Crippen LogP contribution in [0.5, 0.6) is 11.5 Å². The number of rotatable bonds is 8. The van der Waals surface area contributed by atoms with Crippen LogP contribution in [-0.4, -0.2) is 55.5 Å². The molecule has 4 rings (SSSR count). The van der Waals surface area contributed by atoms with Gasteiger partial charge in [-0.15, -0.1) is 0 Å². The van der Waals surface area contributed by atoms with Crippen molar-refractivity contribution in [3.05, 3.63) is 46.4 Å². The SMILES string of the molecule is O=C(CCCOc1ccc(Cl)cc1Cl)Nc1ccc2c(c1)N(CC(=O)N1CCCCC1)C(=O)CO2. The Bertz CT molecular complexity index is 1100. The van der Waals surface area contributed by atoms with Crippen molar-refractivity contribution >= 4 is 52.3 Å². The molecule has 0 bridgehead atoms. The molecule has 10 heteroatoms. The third-order valence-corrected chi connectivity index (χ3v) is 6.42. The van der Waals surface area contributed by atoms with Crippen molar-refractivity contribution in [2.24, 2.45) is 0 Å². The lowest BCUT2D eigenvalue weighted by molar-refractivity contribution is -0.132. The molecule has 35 heavy (non-hydrogen) atoms. The summed E-state index contributed by atoms with van der Waals surface area (Å²) in [6.07, 6.45) is 3.79. The first kappa shape index (κ1) is 25.1. The molecule has 0 aliphatic carbocycles. The largest absolute Gasteiger partial charge is 0.492 e. The summed E-state index contributed by atoms with van der Waals surface area (Å²) >= 11 is 12.0.